The summed E-state index contributed by atoms with van der Waals surface area (Å²) in [6.07, 6.45) is 6.09. The van der Waals surface area contributed by atoms with Crippen LogP contribution in [0.15, 0.2) is 22.9 Å². The number of nitrogens with zero attached hydrogens (tertiary/aromatic N) is 2. The fourth-order valence-corrected chi connectivity index (χ4v) is 3.53. The molecular formula is C12H11BrN2OS. The molecule has 5 heteroatoms. The van der Waals surface area contributed by atoms with Gasteiger partial charge in [-0.05, 0) is 41.3 Å². The summed E-state index contributed by atoms with van der Waals surface area (Å²) in [6, 6.07) is 2.00. The summed E-state index contributed by atoms with van der Waals surface area (Å²) in [6.45, 7) is 0. The first-order valence-electron chi connectivity index (χ1n) is 5.52. The molecule has 3 nitrogen and oxygen atoms in total. The molecule has 0 saturated carbocycles. The Hall–Kier alpha value is -0.780. The van der Waals surface area contributed by atoms with Gasteiger partial charge in [0, 0.05) is 22.4 Å². The number of aromatic nitrogens is 2. The zero-order valence-electron chi connectivity index (χ0n) is 9.06. The Morgan fingerprint density at radius 3 is 3.06 bits per heavy atom. The lowest BCUT2D eigenvalue weighted by molar-refractivity contribution is 0.160. The van der Waals surface area contributed by atoms with Crippen LogP contribution in [-0.2, 0) is 6.42 Å². The van der Waals surface area contributed by atoms with E-state index < -0.39 is 0 Å². The smallest absolute Gasteiger partial charge is 0.125 e. The largest absolute Gasteiger partial charge is 0.388 e. The lowest BCUT2D eigenvalue weighted by atomic mass is 10.0. The van der Waals surface area contributed by atoms with Gasteiger partial charge >= 0.3 is 0 Å². The minimum atomic E-state index is -0.329. The molecule has 0 radical (unpaired) electrons. The molecule has 1 unspecified atom stereocenters. The van der Waals surface area contributed by atoms with E-state index in [0.29, 0.717) is 0 Å². The highest BCUT2D eigenvalue weighted by Gasteiger charge is 2.23. The van der Waals surface area contributed by atoms with Crippen molar-refractivity contribution in [1.29, 1.82) is 0 Å². The fourth-order valence-electron chi connectivity index (χ4n) is 2.05. The summed E-state index contributed by atoms with van der Waals surface area (Å²) in [5, 5.41) is 10.9. The average molecular weight is 311 g/mol. The van der Waals surface area contributed by atoms with Gasteiger partial charge in [0.05, 0.1) is 16.7 Å². The van der Waals surface area contributed by atoms with Gasteiger partial charge < -0.3 is 5.11 Å². The molecule has 0 amide bonds. The van der Waals surface area contributed by atoms with Crippen LogP contribution in [-0.4, -0.2) is 15.1 Å². The molecule has 0 aliphatic heterocycles. The third kappa shape index (κ3) is 2.14. The first kappa shape index (κ1) is 11.3. The van der Waals surface area contributed by atoms with Crippen LogP contribution < -0.4 is 0 Å². The van der Waals surface area contributed by atoms with Gasteiger partial charge in [-0.15, -0.1) is 11.3 Å². The Morgan fingerprint density at radius 2 is 2.29 bits per heavy atom. The van der Waals surface area contributed by atoms with Crippen molar-refractivity contribution in [2.24, 2.45) is 0 Å². The van der Waals surface area contributed by atoms with Gasteiger partial charge in [0.15, 0.2) is 0 Å². The van der Waals surface area contributed by atoms with Crippen molar-refractivity contribution in [2.75, 3.05) is 0 Å². The van der Waals surface area contributed by atoms with Crippen LogP contribution in [0, 0.1) is 0 Å². The molecule has 0 bridgehead atoms. The van der Waals surface area contributed by atoms with Crippen LogP contribution in [0.25, 0.3) is 10.6 Å². The highest BCUT2D eigenvalue weighted by molar-refractivity contribution is 9.10. The standard InChI is InChI=1S/C12H11BrN2OS/c13-8-4-7(5-14-6-8)12-15-9-2-1-3-10(16)11(9)17-12/h4-6,10,16H,1-3H2. The SMILES string of the molecule is OC1CCCc2nc(-c3cncc(Br)c3)sc21. The number of aliphatic hydroxyl groups is 1. The minimum absolute atomic E-state index is 0.329. The monoisotopic (exact) mass is 310 g/mol. The van der Waals surface area contributed by atoms with Gasteiger partial charge in [-0.3, -0.25) is 4.98 Å². The maximum Gasteiger partial charge on any atom is 0.125 e. The molecule has 0 fully saturated rings. The molecule has 0 aromatic carbocycles. The van der Waals surface area contributed by atoms with Crippen molar-refractivity contribution in [2.45, 2.75) is 25.4 Å². The van der Waals surface area contributed by atoms with E-state index >= 15 is 0 Å². The number of halogens is 1. The van der Waals surface area contributed by atoms with Crippen molar-refractivity contribution in [1.82, 2.24) is 9.97 Å². The third-order valence-corrected chi connectivity index (χ3v) is 4.55. The summed E-state index contributed by atoms with van der Waals surface area (Å²) in [4.78, 5) is 9.79. The maximum atomic E-state index is 9.92. The Labute approximate surface area is 112 Å². The van der Waals surface area contributed by atoms with E-state index in [-0.39, 0.29) is 6.10 Å². The van der Waals surface area contributed by atoms with Crippen molar-refractivity contribution < 1.29 is 5.11 Å². The Morgan fingerprint density at radius 1 is 1.41 bits per heavy atom. The second-order valence-electron chi connectivity index (χ2n) is 4.13. The average Bonchev–Trinajstić information content (AvgIpc) is 2.74. The molecule has 1 N–H and O–H groups in total. The van der Waals surface area contributed by atoms with Gasteiger partial charge in [0.2, 0.25) is 0 Å². The van der Waals surface area contributed by atoms with Crippen molar-refractivity contribution >= 4 is 27.3 Å². The Kier molecular flexibility index (Phi) is 2.98. The second kappa shape index (κ2) is 4.48. The van der Waals surface area contributed by atoms with Crippen LogP contribution in [0.5, 0.6) is 0 Å². The van der Waals surface area contributed by atoms with E-state index in [4.69, 9.17) is 0 Å². The summed E-state index contributed by atoms with van der Waals surface area (Å²) < 4.78 is 0.948. The molecule has 1 aliphatic carbocycles. The van der Waals surface area contributed by atoms with Crippen molar-refractivity contribution in [3.05, 3.63) is 33.5 Å². The van der Waals surface area contributed by atoms with Crippen molar-refractivity contribution in [3.63, 3.8) is 0 Å². The van der Waals surface area contributed by atoms with E-state index in [1.165, 1.54) is 0 Å². The molecular weight excluding hydrogens is 300 g/mol. The highest BCUT2D eigenvalue weighted by Crippen LogP contribution is 2.37. The third-order valence-electron chi connectivity index (χ3n) is 2.87. The van der Waals surface area contributed by atoms with Crippen molar-refractivity contribution in [3.8, 4) is 10.6 Å². The second-order valence-corrected chi connectivity index (χ2v) is 6.08. The topological polar surface area (TPSA) is 46.0 Å². The molecule has 0 spiro atoms. The van der Waals surface area contributed by atoms with Crippen LogP contribution in [0.2, 0.25) is 0 Å². The first-order chi connectivity index (χ1) is 8.24. The Bertz CT molecular complexity index is 555. The normalized spacial score (nSPS) is 19.1. The molecule has 2 aromatic heterocycles. The van der Waals surface area contributed by atoms with E-state index in [1.807, 2.05) is 6.07 Å². The lowest BCUT2D eigenvalue weighted by Gasteiger charge is -2.14. The van der Waals surface area contributed by atoms with E-state index in [9.17, 15) is 5.11 Å². The summed E-state index contributed by atoms with van der Waals surface area (Å²) in [7, 11) is 0. The molecule has 17 heavy (non-hydrogen) atoms. The van der Waals surface area contributed by atoms with Crippen LogP contribution in [0.3, 0.4) is 0 Å². The first-order valence-corrected chi connectivity index (χ1v) is 7.13. The van der Waals surface area contributed by atoms with E-state index in [2.05, 4.69) is 25.9 Å². The van der Waals surface area contributed by atoms with Crippen LogP contribution in [0.4, 0.5) is 0 Å². The van der Waals surface area contributed by atoms with E-state index in [0.717, 1.165) is 44.9 Å². The predicted octanol–water partition coefficient (Wildman–Crippen LogP) is 3.34. The number of fused-ring (bicyclic) bond motifs is 1. The summed E-state index contributed by atoms with van der Waals surface area (Å²) in [5.74, 6) is 0. The van der Waals surface area contributed by atoms with Crippen LogP contribution >= 0.6 is 27.3 Å². The summed E-state index contributed by atoms with van der Waals surface area (Å²) in [5.41, 5.74) is 2.06. The van der Waals surface area contributed by atoms with Crippen LogP contribution in [0.1, 0.15) is 29.5 Å². The molecule has 1 atom stereocenters. The minimum Gasteiger partial charge on any atom is -0.388 e. The number of hydrogen-bond donors (Lipinski definition) is 1. The molecule has 2 aromatic rings. The predicted molar refractivity (Wildman–Crippen MR) is 70.9 cm³/mol. The quantitative estimate of drug-likeness (QED) is 0.878. The fraction of sp³-hybridized carbons (Fsp3) is 0.333. The summed E-state index contributed by atoms with van der Waals surface area (Å²) >= 11 is 4.99. The highest BCUT2D eigenvalue weighted by atomic mass is 79.9. The van der Waals surface area contributed by atoms with Gasteiger partial charge in [0.25, 0.3) is 0 Å². The maximum absolute atomic E-state index is 9.92. The van der Waals surface area contributed by atoms with Gasteiger partial charge in [-0.25, -0.2) is 4.98 Å². The molecule has 1 aliphatic rings. The number of hydrogen-bond acceptors (Lipinski definition) is 4. The number of pyridine rings is 1. The molecule has 2 heterocycles. The number of aryl methyl sites for hydroxylation is 1. The molecule has 0 saturated heterocycles. The van der Waals surface area contributed by atoms with Gasteiger partial charge in [0.1, 0.15) is 5.01 Å². The Balaban J connectivity index is 2.05. The number of aliphatic hydroxyl groups excluding tert-OH is 1. The van der Waals surface area contributed by atoms with Gasteiger partial charge in [-0.1, -0.05) is 0 Å². The lowest BCUT2D eigenvalue weighted by Crippen LogP contribution is -2.06. The number of rotatable bonds is 1. The zero-order chi connectivity index (χ0) is 11.8. The van der Waals surface area contributed by atoms with E-state index in [1.54, 1.807) is 23.7 Å². The van der Waals surface area contributed by atoms with Gasteiger partial charge in [-0.2, -0.15) is 0 Å². The zero-order valence-corrected chi connectivity index (χ0v) is 11.5. The molecule has 3 rings (SSSR count). The number of thiazole rings is 1. The molecule has 88 valence electrons.